The molecule has 0 aliphatic heterocycles. The monoisotopic (exact) mass is 462 g/mol. The zero-order valence-electron chi connectivity index (χ0n) is 16.1. The van der Waals surface area contributed by atoms with E-state index in [1.807, 2.05) is 24.3 Å². The first-order valence-corrected chi connectivity index (χ1v) is 10.2. The highest BCUT2D eigenvalue weighted by Gasteiger charge is 2.35. The van der Waals surface area contributed by atoms with E-state index in [1.165, 1.54) is 23.5 Å². The van der Waals surface area contributed by atoms with Crippen LogP contribution in [0.4, 0.5) is 26.3 Å². The third-order valence-corrected chi connectivity index (χ3v) is 6.27. The second kappa shape index (κ2) is 7.37. The van der Waals surface area contributed by atoms with Crippen LogP contribution in [0.2, 0.25) is 0 Å². The lowest BCUT2D eigenvalue weighted by molar-refractivity contribution is -0.136. The van der Waals surface area contributed by atoms with Gasteiger partial charge in [0.25, 0.3) is 0 Å². The molecule has 0 amide bonds. The summed E-state index contributed by atoms with van der Waals surface area (Å²) in [5.74, 6) is -3.36. The number of aromatic nitrogens is 2. The van der Waals surface area contributed by atoms with Crippen molar-refractivity contribution in [3.05, 3.63) is 89.2 Å². The van der Waals surface area contributed by atoms with Gasteiger partial charge in [0.15, 0.2) is 0 Å². The summed E-state index contributed by atoms with van der Waals surface area (Å²) in [4.78, 5) is 0.593. The summed E-state index contributed by atoms with van der Waals surface area (Å²) in [6.07, 6.45) is -4.66. The smallest absolute Gasteiger partial charge is 0.258 e. The minimum Gasteiger partial charge on any atom is -0.258 e. The topological polar surface area (TPSA) is 17.8 Å². The molecule has 2 aromatic heterocycles. The van der Waals surface area contributed by atoms with Crippen molar-refractivity contribution < 1.29 is 26.3 Å². The lowest BCUT2D eigenvalue weighted by Crippen LogP contribution is -2.09. The Morgan fingerprint density at radius 2 is 1.59 bits per heavy atom. The number of hydrogen-bond acceptors (Lipinski definition) is 2. The third-order valence-electron chi connectivity index (χ3n) is 5.15. The fraction of sp³-hybridized carbons (Fsp3) is 0.0870. The Morgan fingerprint density at radius 3 is 2.28 bits per heavy atom. The van der Waals surface area contributed by atoms with Crippen LogP contribution in [0.5, 0.6) is 0 Å². The molecule has 0 saturated carbocycles. The Kier molecular flexibility index (Phi) is 4.74. The quantitative estimate of drug-likeness (QED) is 0.256. The molecular formula is C23H12F6N2S. The molecule has 2 nitrogen and oxygen atoms in total. The minimum atomic E-state index is -4.66. The molecule has 5 rings (SSSR count). The Morgan fingerprint density at radius 1 is 0.875 bits per heavy atom. The summed E-state index contributed by atoms with van der Waals surface area (Å²) in [7, 11) is 0. The highest BCUT2D eigenvalue weighted by molar-refractivity contribution is 7.22. The number of fused-ring (bicyclic) bond motifs is 2. The van der Waals surface area contributed by atoms with Gasteiger partial charge in [-0.15, -0.1) is 11.3 Å². The average molecular weight is 462 g/mol. The molecule has 0 aliphatic rings. The molecular weight excluding hydrogens is 450 g/mol. The average Bonchev–Trinajstić information content (AvgIpc) is 3.30. The third kappa shape index (κ3) is 3.42. The molecule has 0 saturated heterocycles. The first kappa shape index (κ1) is 20.6. The summed E-state index contributed by atoms with van der Waals surface area (Å²) in [5, 5.41) is 5.18. The van der Waals surface area contributed by atoms with Crippen molar-refractivity contribution in [3.8, 4) is 10.6 Å². The Balaban J connectivity index is 1.79. The number of benzene rings is 3. The molecule has 0 unspecified atom stereocenters. The van der Waals surface area contributed by atoms with Crippen LogP contribution in [-0.4, -0.2) is 9.78 Å². The molecule has 0 fully saturated rings. The van der Waals surface area contributed by atoms with Crippen LogP contribution in [0.3, 0.4) is 0 Å². The van der Waals surface area contributed by atoms with Gasteiger partial charge in [-0.25, -0.2) is 13.2 Å². The van der Waals surface area contributed by atoms with Crippen LogP contribution in [0, 0.1) is 17.5 Å². The molecule has 162 valence electrons. The standard InChI is InChI=1S/C23H12F6N2S/c24-13-9-17(25)15(18(26)10-13)11-31-22(20-8-12-4-1-2-7-19(12)32-20)14-5-3-6-16(21(14)30-31)23(27,28)29/h1-10H,11H2. The van der Waals surface area contributed by atoms with E-state index in [-0.39, 0.29) is 10.9 Å². The van der Waals surface area contributed by atoms with Gasteiger partial charge in [0.2, 0.25) is 0 Å². The Labute approximate surface area is 181 Å². The van der Waals surface area contributed by atoms with Gasteiger partial charge < -0.3 is 0 Å². The second-order valence-electron chi connectivity index (χ2n) is 7.20. The van der Waals surface area contributed by atoms with Crippen LogP contribution in [-0.2, 0) is 12.7 Å². The maximum Gasteiger partial charge on any atom is 0.418 e. The van der Waals surface area contributed by atoms with Crippen molar-refractivity contribution in [2.75, 3.05) is 0 Å². The zero-order chi connectivity index (χ0) is 22.6. The van der Waals surface area contributed by atoms with E-state index < -0.39 is 41.3 Å². The molecule has 3 aromatic carbocycles. The van der Waals surface area contributed by atoms with Gasteiger partial charge in [-0.3, -0.25) is 4.68 Å². The molecule has 0 aliphatic carbocycles. The van der Waals surface area contributed by atoms with Gasteiger partial charge in [-0.1, -0.05) is 30.3 Å². The molecule has 0 radical (unpaired) electrons. The predicted octanol–water partition coefficient (Wildman–Crippen LogP) is 7.40. The maximum absolute atomic E-state index is 14.3. The normalized spacial score (nSPS) is 12.2. The van der Waals surface area contributed by atoms with Crippen molar-refractivity contribution in [2.24, 2.45) is 0 Å². The first-order chi connectivity index (χ1) is 15.2. The lowest BCUT2D eigenvalue weighted by atomic mass is 10.1. The van der Waals surface area contributed by atoms with E-state index >= 15 is 0 Å². The van der Waals surface area contributed by atoms with Crippen molar-refractivity contribution in [1.82, 2.24) is 9.78 Å². The molecule has 9 heteroatoms. The van der Waals surface area contributed by atoms with Crippen molar-refractivity contribution in [2.45, 2.75) is 12.7 Å². The molecule has 32 heavy (non-hydrogen) atoms. The fourth-order valence-corrected chi connectivity index (χ4v) is 4.85. The van der Waals surface area contributed by atoms with Gasteiger partial charge in [-0.2, -0.15) is 18.3 Å². The summed E-state index contributed by atoms with van der Waals surface area (Å²) in [6.45, 7) is -0.506. The van der Waals surface area contributed by atoms with E-state index in [1.54, 1.807) is 6.07 Å². The molecule has 5 aromatic rings. The number of nitrogens with zero attached hydrogens (tertiary/aromatic N) is 2. The molecule has 0 atom stereocenters. The maximum atomic E-state index is 14.3. The molecule has 2 heterocycles. The lowest BCUT2D eigenvalue weighted by Gasteiger charge is -2.09. The van der Waals surface area contributed by atoms with Gasteiger partial charge in [0.05, 0.1) is 22.7 Å². The highest BCUT2D eigenvalue weighted by Crippen LogP contribution is 2.41. The van der Waals surface area contributed by atoms with Crippen LogP contribution in [0.1, 0.15) is 11.1 Å². The van der Waals surface area contributed by atoms with E-state index in [0.717, 1.165) is 20.8 Å². The van der Waals surface area contributed by atoms with Crippen LogP contribution >= 0.6 is 11.3 Å². The molecule has 0 spiro atoms. The highest BCUT2D eigenvalue weighted by atomic mass is 32.1. The number of thiophene rings is 1. The fourth-order valence-electron chi connectivity index (χ4n) is 3.73. The Bertz CT molecular complexity index is 1430. The minimum absolute atomic E-state index is 0.203. The number of alkyl halides is 3. The van der Waals surface area contributed by atoms with E-state index in [0.29, 0.717) is 22.7 Å². The van der Waals surface area contributed by atoms with Crippen LogP contribution in [0.25, 0.3) is 31.6 Å². The van der Waals surface area contributed by atoms with Crippen molar-refractivity contribution in [1.29, 1.82) is 0 Å². The summed E-state index contributed by atoms with van der Waals surface area (Å²) in [6, 6.07) is 13.9. The molecule has 0 bridgehead atoms. The van der Waals surface area contributed by atoms with Gasteiger partial charge in [0, 0.05) is 27.8 Å². The van der Waals surface area contributed by atoms with Gasteiger partial charge in [0.1, 0.15) is 23.0 Å². The second-order valence-corrected chi connectivity index (χ2v) is 8.29. The summed E-state index contributed by atoms with van der Waals surface area (Å²) < 4.78 is 84.9. The van der Waals surface area contributed by atoms with Crippen molar-refractivity contribution >= 4 is 32.3 Å². The van der Waals surface area contributed by atoms with Gasteiger partial charge in [-0.05, 0) is 23.6 Å². The number of hydrogen-bond donors (Lipinski definition) is 0. The van der Waals surface area contributed by atoms with E-state index in [4.69, 9.17) is 0 Å². The Hall–Kier alpha value is -3.33. The van der Waals surface area contributed by atoms with Crippen LogP contribution < -0.4 is 0 Å². The van der Waals surface area contributed by atoms with Gasteiger partial charge >= 0.3 is 6.18 Å². The summed E-state index contributed by atoms with van der Waals surface area (Å²) >= 11 is 1.33. The van der Waals surface area contributed by atoms with E-state index in [9.17, 15) is 26.3 Å². The van der Waals surface area contributed by atoms with Crippen LogP contribution in [0.15, 0.2) is 60.7 Å². The predicted molar refractivity (Wildman–Crippen MR) is 111 cm³/mol. The number of halogens is 6. The largest absolute Gasteiger partial charge is 0.418 e. The van der Waals surface area contributed by atoms with E-state index in [2.05, 4.69) is 5.10 Å². The van der Waals surface area contributed by atoms with Crippen molar-refractivity contribution in [3.63, 3.8) is 0 Å². The molecule has 0 N–H and O–H groups in total. The SMILES string of the molecule is Fc1cc(F)c(Cn2nc3c(C(F)(F)F)cccc3c2-c2cc3ccccc3s2)c(F)c1. The summed E-state index contributed by atoms with van der Waals surface area (Å²) in [5.41, 5.74) is -1.46. The first-order valence-electron chi connectivity index (χ1n) is 9.41. The zero-order valence-corrected chi connectivity index (χ0v) is 16.9. The number of rotatable bonds is 3.